The zero-order valence-electron chi connectivity index (χ0n) is 11.6. The lowest BCUT2D eigenvalue weighted by Gasteiger charge is -2.32. The molecule has 2 heteroatoms. The van der Waals surface area contributed by atoms with Gasteiger partial charge in [0.1, 0.15) is 0 Å². The van der Waals surface area contributed by atoms with E-state index in [2.05, 4.69) is 36.9 Å². The molecule has 1 saturated heterocycles. The molecule has 1 atom stereocenters. The van der Waals surface area contributed by atoms with Crippen LogP contribution in [0.2, 0.25) is 0 Å². The maximum Gasteiger partial charge on any atom is 0.226 e. The molecule has 1 aliphatic heterocycles. The molecule has 0 spiro atoms. The highest BCUT2D eigenvalue weighted by Crippen LogP contribution is 2.22. The van der Waals surface area contributed by atoms with Gasteiger partial charge in [-0.15, -0.1) is 6.58 Å². The summed E-state index contributed by atoms with van der Waals surface area (Å²) in [6, 6.07) is 10.6. The minimum atomic E-state index is 0.236. The molecule has 0 aromatic heterocycles. The van der Waals surface area contributed by atoms with Gasteiger partial charge < -0.3 is 4.90 Å². The summed E-state index contributed by atoms with van der Waals surface area (Å²) in [6.45, 7) is 5.50. The average molecular weight is 257 g/mol. The molecule has 102 valence electrons. The van der Waals surface area contributed by atoms with Gasteiger partial charge in [-0.1, -0.05) is 36.4 Å². The SMILES string of the molecule is C=CCC(=O)N1CCC[C@@H](CCc2ccccc2)C1. The molecule has 1 fully saturated rings. The van der Waals surface area contributed by atoms with Crippen molar-refractivity contribution in [3.63, 3.8) is 0 Å². The van der Waals surface area contributed by atoms with Crippen LogP contribution in [0.5, 0.6) is 0 Å². The van der Waals surface area contributed by atoms with Gasteiger partial charge in [-0.3, -0.25) is 4.79 Å². The minimum absolute atomic E-state index is 0.236. The molecule has 1 amide bonds. The highest BCUT2D eigenvalue weighted by molar-refractivity contribution is 5.77. The number of likely N-dealkylation sites (tertiary alicyclic amines) is 1. The summed E-state index contributed by atoms with van der Waals surface area (Å²) >= 11 is 0. The Kier molecular flexibility index (Phi) is 5.20. The predicted molar refractivity (Wildman–Crippen MR) is 78.9 cm³/mol. The largest absolute Gasteiger partial charge is 0.342 e. The van der Waals surface area contributed by atoms with Gasteiger partial charge in [0.2, 0.25) is 5.91 Å². The number of benzene rings is 1. The quantitative estimate of drug-likeness (QED) is 0.740. The third-order valence-corrected chi connectivity index (χ3v) is 3.87. The summed E-state index contributed by atoms with van der Waals surface area (Å²) in [6.07, 6.45) is 6.88. The number of carbonyl (C=O) groups is 1. The highest BCUT2D eigenvalue weighted by Gasteiger charge is 2.22. The van der Waals surface area contributed by atoms with E-state index in [4.69, 9.17) is 0 Å². The normalized spacial score (nSPS) is 19.2. The molecule has 1 aromatic carbocycles. The lowest BCUT2D eigenvalue weighted by Crippen LogP contribution is -2.39. The average Bonchev–Trinajstić information content (AvgIpc) is 2.47. The van der Waals surface area contributed by atoms with Crippen LogP contribution in [-0.4, -0.2) is 23.9 Å². The molecule has 0 N–H and O–H groups in total. The van der Waals surface area contributed by atoms with Gasteiger partial charge in [0.05, 0.1) is 0 Å². The fraction of sp³-hybridized carbons (Fsp3) is 0.471. The van der Waals surface area contributed by atoms with E-state index in [1.165, 1.54) is 18.4 Å². The van der Waals surface area contributed by atoms with Crippen LogP contribution in [0.15, 0.2) is 43.0 Å². The smallest absolute Gasteiger partial charge is 0.226 e. The molecule has 0 bridgehead atoms. The number of nitrogens with zero attached hydrogens (tertiary/aromatic N) is 1. The van der Waals surface area contributed by atoms with Crippen molar-refractivity contribution in [3.8, 4) is 0 Å². The first-order valence-electron chi connectivity index (χ1n) is 7.22. The summed E-state index contributed by atoms with van der Waals surface area (Å²) in [5, 5.41) is 0. The van der Waals surface area contributed by atoms with Gasteiger partial charge in [0.15, 0.2) is 0 Å². The van der Waals surface area contributed by atoms with Crippen LogP contribution >= 0.6 is 0 Å². The monoisotopic (exact) mass is 257 g/mol. The van der Waals surface area contributed by atoms with Gasteiger partial charge in [-0.05, 0) is 37.2 Å². The number of piperidine rings is 1. The number of hydrogen-bond acceptors (Lipinski definition) is 1. The number of amides is 1. The summed E-state index contributed by atoms with van der Waals surface area (Å²) in [7, 11) is 0. The van der Waals surface area contributed by atoms with Gasteiger partial charge in [0, 0.05) is 19.5 Å². The Hall–Kier alpha value is -1.57. The molecule has 1 aliphatic rings. The van der Waals surface area contributed by atoms with Crippen molar-refractivity contribution in [2.24, 2.45) is 5.92 Å². The lowest BCUT2D eigenvalue weighted by molar-refractivity contribution is -0.132. The van der Waals surface area contributed by atoms with E-state index in [9.17, 15) is 4.79 Å². The third kappa shape index (κ3) is 4.23. The maximum atomic E-state index is 11.9. The standard InChI is InChI=1S/C17H23NO/c1-2-7-17(19)18-13-6-10-16(14-18)12-11-15-8-4-3-5-9-15/h2-5,8-9,16H,1,6-7,10-14H2/t16-/m0/s1. The van der Waals surface area contributed by atoms with Gasteiger partial charge in [0.25, 0.3) is 0 Å². The molecule has 0 aliphatic carbocycles. The van der Waals surface area contributed by atoms with Crippen LogP contribution in [0.25, 0.3) is 0 Å². The van der Waals surface area contributed by atoms with E-state index < -0.39 is 0 Å². The summed E-state index contributed by atoms with van der Waals surface area (Å²) in [4.78, 5) is 13.9. The van der Waals surface area contributed by atoms with Crippen molar-refractivity contribution < 1.29 is 4.79 Å². The van der Waals surface area contributed by atoms with E-state index in [1.807, 2.05) is 4.90 Å². The Morgan fingerprint density at radius 3 is 2.89 bits per heavy atom. The van der Waals surface area contributed by atoms with Crippen LogP contribution in [0, 0.1) is 5.92 Å². The molecule has 0 radical (unpaired) electrons. The van der Waals surface area contributed by atoms with Gasteiger partial charge in [-0.2, -0.15) is 0 Å². The highest BCUT2D eigenvalue weighted by atomic mass is 16.2. The minimum Gasteiger partial charge on any atom is -0.342 e. The number of rotatable bonds is 5. The molecule has 0 unspecified atom stereocenters. The van der Waals surface area contributed by atoms with Crippen molar-refractivity contribution in [2.75, 3.05) is 13.1 Å². The number of aryl methyl sites for hydroxylation is 1. The third-order valence-electron chi connectivity index (χ3n) is 3.87. The number of hydrogen-bond donors (Lipinski definition) is 0. The molecular formula is C17H23NO. The first kappa shape index (κ1) is 13.9. The second-order valence-electron chi connectivity index (χ2n) is 5.37. The Bertz CT molecular complexity index is 413. The van der Waals surface area contributed by atoms with Crippen molar-refractivity contribution in [2.45, 2.75) is 32.1 Å². The molecule has 2 rings (SSSR count). The van der Waals surface area contributed by atoms with Crippen molar-refractivity contribution >= 4 is 5.91 Å². The Morgan fingerprint density at radius 1 is 1.37 bits per heavy atom. The second kappa shape index (κ2) is 7.13. The fourth-order valence-electron chi connectivity index (χ4n) is 2.80. The van der Waals surface area contributed by atoms with Gasteiger partial charge in [-0.25, -0.2) is 0 Å². The maximum absolute atomic E-state index is 11.9. The summed E-state index contributed by atoms with van der Waals surface area (Å²) < 4.78 is 0. The Balaban J connectivity index is 1.81. The van der Waals surface area contributed by atoms with Crippen LogP contribution in [0.1, 0.15) is 31.2 Å². The van der Waals surface area contributed by atoms with Crippen LogP contribution in [0.4, 0.5) is 0 Å². The van der Waals surface area contributed by atoms with E-state index in [0.29, 0.717) is 12.3 Å². The van der Waals surface area contributed by atoms with Crippen molar-refractivity contribution in [1.82, 2.24) is 4.90 Å². The Morgan fingerprint density at radius 2 is 2.16 bits per heavy atom. The van der Waals surface area contributed by atoms with Crippen molar-refractivity contribution in [3.05, 3.63) is 48.6 Å². The summed E-state index contributed by atoms with van der Waals surface area (Å²) in [5.41, 5.74) is 1.40. The predicted octanol–water partition coefficient (Wildman–Crippen LogP) is 3.43. The van der Waals surface area contributed by atoms with Crippen LogP contribution < -0.4 is 0 Å². The van der Waals surface area contributed by atoms with Crippen LogP contribution in [-0.2, 0) is 11.2 Å². The molecule has 0 saturated carbocycles. The zero-order valence-corrected chi connectivity index (χ0v) is 11.6. The van der Waals surface area contributed by atoms with E-state index in [1.54, 1.807) is 6.08 Å². The molecular weight excluding hydrogens is 234 g/mol. The van der Waals surface area contributed by atoms with E-state index >= 15 is 0 Å². The number of carbonyl (C=O) groups excluding carboxylic acids is 1. The summed E-state index contributed by atoms with van der Waals surface area (Å²) in [5.74, 6) is 0.891. The van der Waals surface area contributed by atoms with E-state index in [-0.39, 0.29) is 5.91 Å². The van der Waals surface area contributed by atoms with Crippen LogP contribution in [0.3, 0.4) is 0 Å². The lowest BCUT2D eigenvalue weighted by atomic mass is 9.91. The second-order valence-corrected chi connectivity index (χ2v) is 5.37. The Labute approximate surface area is 116 Å². The first-order chi connectivity index (χ1) is 9.29. The first-order valence-corrected chi connectivity index (χ1v) is 7.22. The van der Waals surface area contributed by atoms with Gasteiger partial charge >= 0.3 is 0 Å². The van der Waals surface area contributed by atoms with Crippen molar-refractivity contribution in [1.29, 1.82) is 0 Å². The molecule has 1 aromatic rings. The zero-order chi connectivity index (χ0) is 13.5. The molecule has 2 nitrogen and oxygen atoms in total. The van der Waals surface area contributed by atoms with E-state index in [0.717, 1.165) is 25.9 Å². The fourth-order valence-corrected chi connectivity index (χ4v) is 2.80. The molecule has 1 heterocycles. The topological polar surface area (TPSA) is 20.3 Å². The molecule has 19 heavy (non-hydrogen) atoms.